The minimum atomic E-state index is 0.533. The Morgan fingerprint density at radius 2 is 1.85 bits per heavy atom. The molecule has 1 heterocycles. The van der Waals surface area contributed by atoms with Crippen LogP contribution in [-0.4, -0.2) is 19.1 Å². The van der Waals surface area contributed by atoms with E-state index in [1.54, 1.807) is 0 Å². The molecule has 13 heavy (non-hydrogen) atoms. The Morgan fingerprint density at radius 1 is 1.23 bits per heavy atom. The fourth-order valence-electron chi connectivity index (χ4n) is 1.36. The summed E-state index contributed by atoms with van der Waals surface area (Å²) >= 11 is 0. The molecule has 0 radical (unpaired) electrons. The lowest BCUT2D eigenvalue weighted by Gasteiger charge is -2.18. The first-order chi connectivity index (χ1) is 6.02. The summed E-state index contributed by atoms with van der Waals surface area (Å²) in [5, 5.41) is 0. The summed E-state index contributed by atoms with van der Waals surface area (Å²) in [6.45, 7) is 6.41. The molecule has 1 aromatic rings. The predicted octanol–water partition coefficient (Wildman–Crippen LogP) is 2.58. The fraction of sp³-hybridized carbons (Fsp3) is 0.545. The zero-order chi connectivity index (χ0) is 10.0. The lowest BCUT2D eigenvalue weighted by molar-refractivity contribution is 0.843. The van der Waals surface area contributed by atoms with Crippen LogP contribution in [-0.2, 0) is 0 Å². The molecule has 0 bridgehead atoms. The average Bonchev–Trinajstić information content (AvgIpc) is 2.03. The van der Waals surface area contributed by atoms with Crippen LogP contribution in [0.4, 0.5) is 5.82 Å². The van der Waals surface area contributed by atoms with Crippen molar-refractivity contribution in [3.8, 4) is 0 Å². The summed E-state index contributed by atoms with van der Waals surface area (Å²) in [6.07, 6.45) is 0. The molecule has 0 aliphatic carbocycles. The van der Waals surface area contributed by atoms with Crippen LogP contribution in [0.25, 0.3) is 0 Å². The predicted molar refractivity (Wildman–Crippen MR) is 57.4 cm³/mol. The summed E-state index contributed by atoms with van der Waals surface area (Å²) in [7, 11) is 4.07. The maximum Gasteiger partial charge on any atom is 0.131 e. The molecule has 0 spiro atoms. The highest BCUT2D eigenvalue weighted by molar-refractivity contribution is 5.47. The van der Waals surface area contributed by atoms with E-state index >= 15 is 0 Å². The van der Waals surface area contributed by atoms with Crippen LogP contribution in [0.1, 0.15) is 31.0 Å². The van der Waals surface area contributed by atoms with Crippen molar-refractivity contribution in [2.24, 2.45) is 0 Å². The van der Waals surface area contributed by atoms with Gasteiger partial charge in [-0.2, -0.15) is 0 Å². The molecule has 72 valence electrons. The Bertz CT molecular complexity index is 290. The third-order valence-electron chi connectivity index (χ3n) is 2.09. The lowest BCUT2D eigenvalue weighted by Crippen LogP contribution is -2.14. The van der Waals surface area contributed by atoms with Crippen molar-refractivity contribution in [2.75, 3.05) is 19.0 Å². The van der Waals surface area contributed by atoms with E-state index in [4.69, 9.17) is 0 Å². The van der Waals surface area contributed by atoms with Gasteiger partial charge < -0.3 is 4.90 Å². The van der Waals surface area contributed by atoms with E-state index in [1.165, 1.54) is 5.56 Å². The SMILES string of the molecule is Cc1ccc(C(C)C)c(N(C)C)n1. The van der Waals surface area contributed by atoms with Crippen molar-refractivity contribution >= 4 is 5.82 Å². The van der Waals surface area contributed by atoms with E-state index in [9.17, 15) is 0 Å². The maximum atomic E-state index is 4.52. The maximum absolute atomic E-state index is 4.52. The second-order valence-corrected chi connectivity index (χ2v) is 3.91. The molecule has 0 saturated carbocycles. The zero-order valence-electron chi connectivity index (χ0n) is 9.13. The Kier molecular flexibility index (Phi) is 2.91. The lowest BCUT2D eigenvalue weighted by atomic mass is 10.0. The van der Waals surface area contributed by atoms with Crippen molar-refractivity contribution in [3.63, 3.8) is 0 Å². The minimum Gasteiger partial charge on any atom is -0.363 e. The molecular formula is C11H18N2. The highest BCUT2D eigenvalue weighted by atomic mass is 15.1. The largest absolute Gasteiger partial charge is 0.363 e. The van der Waals surface area contributed by atoms with Gasteiger partial charge in [-0.05, 0) is 24.5 Å². The highest BCUT2D eigenvalue weighted by Gasteiger charge is 2.09. The van der Waals surface area contributed by atoms with Gasteiger partial charge >= 0.3 is 0 Å². The van der Waals surface area contributed by atoms with Crippen molar-refractivity contribution < 1.29 is 0 Å². The molecule has 0 saturated heterocycles. The molecule has 2 nitrogen and oxygen atoms in total. The van der Waals surface area contributed by atoms with Crippen molar-refractivity contribution in [1.29, 1.82) is 0 Å². The molecule has 2 heteroatoms. The summed E-state index contributed by atoms with van der Waals surface area (Å²) in [4.78, 5) is 6.59. The van der Waals surface area contributed by atoms with Gasteiger partial charge in [0.2, 0.25) is 0 Å². The van der Waals surface area contributed by atoms with Crippen molar-refractivity contribution in [3.05, 3.63) is 23.4 Å². The van der Waals surface area contributed by atoms with Gasteiger partial charge in [-0.3, -0.25) is 0 Å². The molecule has 0 fully saturated rings. The van der Waals surface area contributed by atoms with E-state index in [2.05, 4.69) is 35.9 Å². The number of anilines is 1. The normalized spacial score (nSPS) is 10.6. The van der Waals surface area contributed by atoms with Gasteiger partial charge in [0.05, 0.1) is 0 Å². The number of hydrogen-bond acceptors (Lipinski definition) is 2. The molecule has 0 aliphatic heterocycles. The summed E-state index contributed by atoms with van der Waals surface area (Å²) in [6, 6.07) is 4.24. The first kappa shape index (κ1) is 10.0. The molecule has 1 rings (SSSR count). The van der Waals surface area contributed by atoms with E-state index in [-0.39, 0.29) is 0 Å². The molecule has 0 atom stereocenters. The quantitative estimate of drug-likeness (QED) is 0.692. The number of aryl methyl sites for hydroxylation is 1. The van der Waals surface area contributed by atoms with Crippen molar-refractivity contribution in [2.45, 2.75) is 26.7 Å². The Morgan fingerprint density at radius 3 is 2.31 bits per heavy atom. The van der Waals surface area contributed by atoms with Crippen LogP contribution >= 0.6 is 0 Å². The molecular weight excluding hydrogens is 160 g/mol. The van der Waals surface area contributed by atoms with Crippen LogP contribution in [0, 0.1) is 6.92 Å². The molecule has 0 unspecified atom stereocenters. The number of aromatic nitrogens is 1. The number of rotatable bonds is 2. The molecule has 1 aromatic heterocycles. The second kappa shape index (κ2) is 3.77. The zero-order valence-corrected chi connectivity index (χ0v) is 9.13. The second-order valence-electron chi connectivity index (χ2n) is 3.91. The van der Waals surface area contributed by atoms with Crippen LogP contribution in [0.3, 0.4) is 0 Å². The Labute approximate surface area is 80.6 Å². The highest BCUT2D eigenvalue weighted by Crippen LogP contribution is 2.24. The third kappa shape index (κ3) is 2.20. The summed E-state index contributed by atoms with van der Waals surface area (Å²) in [5.74, 6) is 1.63. The first-order valence-corrected chi connectivity index (χ1v) is 4.67. The molecule has 0 amide bonds. The standard InChI is InChI=1S/C11H18N2/c1-8(2)10-7-6-9(3)12-11(10)13(4)5/h6-8H,1-5H3. The fourth-order valence-corrected chi connectivity index (χ4v) is 1.36. The number of pyridine rings is 1. The van der Waals surface area contributed by atoms with Gasteiger partial charge in [0.15, 0.2) is 0 Å². The van der Waals surface area contributed by atoms with Gasteiger partial charge in [0.25, 0.3) is 0 Å². The Balaban J connectivity index is 3.19. The molecule has 0 N–H and O–H groups in total. The topological polar surface area (TPSA) is 16.1 Å². The smallest absolute Gasteiger partial charge is 0.131 e. The first-order valence-electron chi connectivity index (χ1n) is 4.67. The number of nitrogens with zero attached hydrogens (tertiary/aromatic N) is 2. The van der Waals surface area contributed by atoms with E-state index in [1.807, 2.05) is 21.0 Å². The molecule has 0 aromatic carbocycles. The summed E-state index contributed by atoms with van der Waals surface area (Å²) in [5.41, 5.74) is 2.39. The monoisotopic (exact) mass is 178 g/mol. The number of hydrogen-bond donors (Lipinski definition) is 0. The van der Waals surface area contributed by atoms with Crippen LogP contribution in [0.15, 0.2) is 12.1 Å². The van der Waals surface area contributed by atoms with E-state index in [0.29, 0.717) is 5.92 Å². The van der Waals surface area contributed by atoms with Crippen LogP contribution in [0.2, 0.25) is 0 Å². The minimum absolute atomic E-state index is 0.533. The molecule has 0 aliphatic rings. The average molecular weight is 178 g/mol. The Hall–Kier alpha value is -1.05. The third-order valence-corrected chi connectivity index (χ3v) is 2.09. The van der Waals surface area contributed by atoms with Crippen LogP contribution < -0.4 is 4.90 Å². The summed E-state index contributed by atoms with van der Waals surface area (Å²) < 4.78 is 0. The van der Waals surface area contributed by atoms with Gasteiger partial charge in [0.1, 0.15) is 5.82 Å². The van der Waals surface area contributed by atoms with Gasteiger partial charge in [-0.25, -0.2) is 4.98 Å². The van der Waals surface area contributed by atoms with E-state index < -0.39 is 0 Å². The van der Waals surface area contributed by atoms with Gasteiger partial charge in [0, 0.05) is 19.8 Å². The van der Waals surface area contributed by atoms with Crippen LogP contribution in [0.5, 0.6) is 0 Å². The van der Waals surface area contributed by atoms with Crippen molar-refractivity contribution in [1.82, 2.24) is 4.98 Å². The van der Waals surface area contributed by atoms with Gasteiger partial charge in [-0.15, -0.1) is 0 Å². The van der Waals surface area contributed by atoms with E-state index in [0.717, 1.165) is 11.5 Å². The van der Waals surface area contributed by atoms with Gasteiger partial charge in [-0.1, -0.05) is 19.9 Å².